The van der Waals surface area contributed by atoms with Gasteiger partial charge in [0.2, 0.25) is 0 Å². The molecule has 4 heteroatoms. The highest BCUT2D eigenvalue weighted by atomic mass is 16.5. The van der Waals surface area contributed by atoms with Crippen molar-refractivity contribution >= 4 is 5.78 Å². The van der Waals surface area contributed by atoms with E-state index >= 15 is 0 Å². The lowest BCUT2D eigenvalue weighted by Gasteiger charge is -2.17. The summed E-state index contributed by atoms with van der Waals surface area (Å²) in [6.45, 7) is 2.16. The molecule has 0 saturated heterocycles. The van der Waals surface area contributed by atoms with Crippen LogP contribution in [-0.2, 0) is 0 Å². The molecule has 0 radical (unpaired) electrons. The molecule has 0 bridgehead atoms. The zero-order valence-electron chi connectivity index (χ0n) is 11.6. The van der Waals surface area contributed by atoms with E-state index in [9.17, 15) is 4.79 Å². The molecule has 0 atom stereocenters. The highest BCUT2D eigenvalue weighted by molar-refractivity contribution is 5.96. The summed E-state index contributed by atoms with van der Waals surface area (Å²) >= 11 is 0. The number of carbonyl (C=O) groups is 1. The van der Waals surface area contributed by atoms with Gasteiger partial charge in [0.05, 0.1) is 13.2 Å². The molecule has 1 aliphatic heterocycles. The third kappa shape index (κ3) is 3.96. The smallest absolute Gasteiger partial charge is 0.164 e. The number of hydrogen-bond acceptors (Lipinski definition) is 4. The third-order valence-electron chi connectivity index (χ3n) is 3.11. The van der Waals surface area contributed by atoms with Gasteiger partial charge in [0, 0.05) is 18.5 Å². The Morgan fingerprint density at radius 3 is 2.53 bits per heavy atom. The van der Waals surface area contributed by atoms with Crippen LogP contribution in [0.3, 0.4) is 0 Å². The molecule has 2 rings (SSSR count). The van der Waals surface area contributed by atoms with Crippen LogP contribution in [0.5, 0.6) is 11.5 Å². The molecule has 1 aromatic carbocycles. The van der Waals surface area contributed by atoms with Gasteiger partial charge in [-0.1, -0.05) is 0 Å². The predicted octanol–water partition coefficient (Wildman–Crippen LogP) is 2.37. The van der Waals surface area contributed by atoms with Crippen molar-refractivity contribution in [3.8, 4) is 11.5 Å². The number of ether oxygens (including phenoxy) is 2. The van der Waals surface area contributed by atoms with Crippen molar-refractivity contribution in [3.05, 3.63) is 23.8 Å². The van der Waals surface area contributed by atoms with Crippen LogP contribution >= 0.6 is 0 Å². The standard InChI is InChI=1S/C15H21NO3/c1-16(2)8-7-13(17)12-5-6-14-15(11-12)19-10-4-3-9-18-14/h5-6,11H,3-4,7-10H2,1-2H3. The largest absolute Gasteiger partial charge is 0.490 e. The summed E-state index contributed by atoms with van der Waals surface area (Å²) in [5.74, 6) is 1.57. The molecule has 104 valence electrons. The molecule has 0 aromatic heterocycles. The average molecular weight is 263 g/mol. The number of benzene rings is 1. The molecule has 0 unspecified atom stereocenters. The van der Waals surface area contributed by atoms with E-state index in [1.54, 1.807) is 6.07 Å². The maximum absolute atomic E-state index is 12.1. The number of nitrogens with zero attached hydrogens (tertiary/aromatic N) is 1. The van der Waals surface area contributed by atoms with Crippen molar-refractivity contribution < 1.29 is 14.3 Å². The van der Waals surface area contributed by atoms with Crippen molar-refractivity contribution in [2.24, 2.45) is 0 Å². The molecule has 0 fully saturated rings. The predicted molar refractivity (Wildman–Crippen MR) is 74.2 cm³/mol. The number of rotatable bonds is 4. The number of Topliss-reactive ketones (excluding diaryl/α,β-unsaturated/α-hetero) is 1. The molecular weight excluding hydrogens is 242 g/mol. The van der Waals surface area contributed by atoms with Gasteiger partial charge in [-0.3, -0.25) is 4.79 Å². The van der Waals surface area contributed by atoms with E-state index in [1.165, 1.54) is 0 Å². The van der Waals surface area contributed by atoms with E-state index in [0.29, 0.717) is 30.9 Å². The average Bonchev–Trinajstić information content (AvgIpc) is 2.36. The molecular formula is C15H21NO3. The molecule has 0 N–H and O–H groups in total. The summed E-state index contributed by atoms with van der Waals surface area (Å²) in [5, 5.41) is 0. The van der Waals surface area contributed by atoms with Gasteiger partial charge in [-0.05, 0) is 45.1 Å². The number of hydrogen-bond donors (Lipinski definition) is 0. The van der Waals surface area contributed by atoms with Crippen LogP contribution in [-0.4, -0.2) is 44.5 Å². The Hall–Kier alpha value is -1.55. The first-order valence-corrected chi connectivity index (χ1v) is 6.74. The Balaban J connectivity index is 2.10. The summed E-state index contributed by atoms with van der Waals surface area (Å²) < 4.78 is 11.3. The van der Waals surface area contributed by atoms with Crippen LogP contribution in [0.1, 0.15) is 29.6 Å². The molecule has 0 aliphatic carbocycles. The second-order valence-electron chi connectivity index (χ2n) is 5.04. The zero-order valence-corrected chi connectivity index (χ0v) is 11.6. The van der Waals surface area contributed by atoms with Gasteiger partial charge in [-0.25, -0.2) is 0 Å². The molecule has 1 aliphatic rings. The van der Waals surface area contributed by atoms with E-state index in [-0.39, 0.29) is 5.78 Å². The Labute approximate surface area is 114 Å². The first kappa shape index (κ1) is 13.9. The normalized spacial score (nSPS) is 14.9. The second kappa shape index (κ2) is 6.57. The first-order valence-electron chi connectivity index (χ1n) is 6.74. The second-order valence-corrected chi connectivity index (χ2v) is 5.04. The molecule has 19 heavy (non-hydrogen) atoms. The van der Waals surface area contributed by atoms with Gasteiger partial charge in [0.1, 0.15) is 0 Å². The van der Waals surface area contributed by atoms with Crippen molar-refractivity contribution in [1.29, 1.82) is 0 Å². The van der Waals surface area contributed by atoms with Crippen LogP contribution in [0.15, 0.2) is 18.2 Å². The summed E-state index contributed by atoms with van der Waals surface area (Å²) in [6, 6.07) is 5.46. The summed E-state index contributed by atoms with van der Waals surface area (Å²) in [5.41, 5.74) is 0.699. The van der Waals surface area contributed by atoms with Crippen LogP contribution in [0.4, 0.5) is 0 Å². The quantitative estimate of drug-likeness (QED) is 0.782. The third-order valence-corrected chi connectivity index (χ3v) is 3.11. The van der Waals surface area contributed by atoms with Gasteiger partial charge in [0.15, 0.2) is 17.3 Å². The van der Waals surface area contributed by atoms with E-state index in [2.05, 4.69) is 0 Å². The maximum atomic E-state index is 12.1. The van der Waals surface area contributed by atoms with Crippen molar-refractivity contribution in [2.75, 3.05) is 33.9 Å². The lowest BCUT2D eigenvalue weighted by Crippen LogP contribution is -2.17. The number of ketones is 1. The van der Waals surface area contributed by atoms with Crippen molar-refractivity contribution in [1.82, 2.24) is 4.90 Å². The first-order chi connectivity index (χ1) is 9.16. The Morgan fingerprint density at radius 1 is 1.16 bits per heavy atom. The summed E-state index contributed by atoms with van der Waals surface area (Å²) in [6.07, 6.45) is 2.51. The Kier molecular flexibility index (Phi) is 4.80. The monoisotopic (exact) mass is 263 g/mol. The van der Waals surface area contributed by atoms with Crippen LogP contribution in [0, 0.1) is 0 Å². The fourth-order valence-corrected chi connectivity index (χ4v) is 1.95. The molecule has 1 heterocycles. The van der Waals surface area contributed by atoms with Gasteiger partial charge >= 0.3 is 0 Å². The molecule has 0 spiro atoms. The fraction of sp³-hybridized carbons (Fsp3) is 0.533. The number of carbonyl (C=O) groups excluding carboxylic acids is 1. The molecule has 0 amide bonds. The minimum absolute atomic E-state index is 0.141. The van der Waals surface area contributed by atoms with Crippen molar-refractivity contribution in [3.63, 3.8) is 0 Å². The fourth-order valence-electron chi connectivity index (χ4n) is 1.95. The van der Waals surface area contributed by atoms with Crippen LogP contribution in [0.25, 0.3) is 0 Å². The van der Waals surface area contributed by atoms with Gasteiger partial charge in [-0.2, -0.15) is 0 Å². The molecule has 4 nitrogen and oxygen atoms in total. The lowest BCUT2D eigenvalue weighted by molar-refractivity contribution is 0.0972. The molecule has 0 saturated carbocycles. The van der Waals surface area contributed by atoms with Crippen molar-refractivity contribution in [2.45, 2.75) is 19.3 Å². The van der Waals surface area contributed by atoms with Crippen LogP contribution in [0.2, 0.25) is 0 Å². The highest BCUT2D eigenvalue weighted by Crippen LogP contribution is 2.30. The Bertz CT molecular complexity index is 443. The number of fused-ring (bicyclic) bond motifs is 1. The van der Waals surface area contributed by atoms with E-state index in [4.69, 9.17) is 9.47 Å². The minimum atomic E-state index is 0.141. The van der Waals surface area contributed by atoms with E-state index < -0.39 is 0 Å². The Morgan fingerprint density at radius 2 is 1.84 bits per heavy atom. The minimum Gasteiger partial charge on any atom is -0.490 e. The van der Waals surface area contributed by atoms with E-state index in [0.717, 1.165) is 25.1 Å². The molecule has 1 aromatic rings. The SMILES string of the molecule is CN(C)CCC(=O)c1ccc2c(c1)OCCCCO2. The van der Waals surface area contributed by atoms with Gasteiger partial charge in [-0.15, -0.1) is 0 Å². The highest BCUT2D eigenvalue weighted by Gasteiger charge is 2.13. The maximum Gasteiger partial charge on any atom is 0.164 e. The summed E-state index contributed by atoms with van der Waals surface area (Å²) in [7, 11) is 3.93. The summed E-state index contributed by atoms with van der Waals surface area (Å²) in [4.78, 5) is 14.1. The van der Waals surface area contributed by atoms with Crippen LogP contribution < -0.4 is 9.47 Å². The van der Waals surface area contributed by atoms with Gasteiger partial charge < -0.3 is 14.4 Å². The van der Waals surface area contributed by atoms with E-state index in [1.807, 2.05) is 31.1 Å². The lowest BCUT2D eigenvalue weighted by atomic mass is 10.1. The van der Waals surface area contributed by atoms with Gasteiger partial charge in [0.25, 0.3) is 0 Å². The zero-order chi connectivity index (χ0) is 13.7. The topological polar surface area (TPSA) is 38.8 Å².